The summed E-state index contributed by atoms with van der Waals surface area (Å²) in [6.07, 6.45) is 0.465. The summed E-state index contributed by atoms with van der Waals surface area (Å²) >= 11 is 0. The van der Waals surface area contributed by atoms with Crippen LogP contribution in [0.5, 0.6) is 0 Å². The van der Waals surface area contributed by atoms with Gasteiger partial charge in [-0.25, -0.2) is 4.79 Å². The van der Waals surface area contributed by atoms with Crippen molar-refractivity contribution in [2.45, 2.75) is 45.8 Å². The molecule has 1 aromatic rings. The molecule has 0 saturated heterocycles. The van der Waals surface area contributed by atoms with E-state index in [0.717, 1.165) is 12.1 Å². The molecule has 21 heavy (non-hydrogen) atoms. The van der Waals surface area contributed by atoms with Gasteiger partial charge in [-0.15, -0.1) is 0 Å². The quantitative estimate of drug-likeness (QED) is 0.836. The number of nitrogens with one attached hydrogen (secondary N) is 2. The van der Waals surface area contributed by atoms with Crippen LogP contribution in [0.15, 0.2) is 24.3 Å². The first-order valence-electron chi connectivity index (χ1n) is 7.15. The molecule has 0 saturated carbocycles. The molecular weight excluding hydrogens is 268 g/mol. The lowest BCUT2D eigenvalue weighted by atomic mass is 10.2. The highest BCUT2D eigenvalue weighted by atomic mass is 16.6. The summed E-state index contributed by atoms with van der Waals surface area (Å²) in [7, 11) is 1.69. The molecule has 2 N–H and O–H groups in total. The van der Waals surface area contributed by atoms with Gasteiger partial charge in [0.25, 0.3) is 0 Å². The molecule has 0 radical (unpaired) electrons. The van der Waals surface area contributed by atoms with Crippen molar-refractivity contribution in [1.82, 2.24) is 0 Å². The molecule has 1 atom stereocenters. The van der Waals surface area contributed by atoms with Gasteiger partial charge in [0, 0.05) is 31.1 Å². The average molecular weight is 294 g/mol. The number of methoxy groups -OCH3 is 1. The van der Waals surface area contributed by atoms with Crippen molar-refractivity contribution in [3.63, 3.8) is 0 Å². The van der Waals surface area contributed by atoms with Gasteiger partial charge in [-0.1, -0.05) is 6.07 Å². The molecule has 0 fully saturated rings. The fraction of sp³-hybridized carbons (Fsp3) is 0.562. The molecular formula is C16H26N2O3. The number of carbonyl (C=O) groups is 1. The van der Waals surface area contributed by atoms with E-state index in [-0.39, 0.29) is 0 Å². The molecule has 1 unspecified atom stereocenters. The summed E-state index contributed by atoms with van der Waals surface area (Å²) in [6, 6.07) is 7.85. The Balaban J connectivity index is 2.58. The van der Waals surface area contributed by atoms with Gasteiger partial charge < -0.3 is 14.8 Å². The van der Waals surface area contributed by atoms with E-state index in [4.69, 9.17) is 9.47 Å². The van der Waals surface area contributed by atoms with Crippen LogP contribution < -0.4 is 10.6 Å². The second-order valence-corrected chi connectivity index (χ2v) is 6.03. The highest BCUT2D eigenvalue weighted by molar-refractivity contribution is 5.85. The molecule has 0 aliphatic carbocycles. The molecule has 0 bridgehead atoms. The third-order valence-electron chi connectivity index (χ3n) is 2.68. The van der Waals surface area contributed by atoms with Crippen molar-refractivity contribution in [3.05, 3.63) is 24.3 Å². The fourth-order valence-corrected chi connectivity index (χ4v) is 1.76. The minimum Gasteiger partial charge on any atom is -0.444 e. The van der Waals surface area contributed by atoms with Crippen molar-refractivity contribution >= 4 is 17.5 Å². The largest absolute Gasteiger partial charge is 0.444 e. The van der Waals surface area contributed by atoms with Crippen LogP contribution in [0, 0.1) is 0 Å². The van der Waals surface area contributed by atoms with Gasteiger partial charge in [-0.3, -0.25) is 5.32 Å². The van der Waals surface area contributed by atoms with E-state index in [9.17, 15) is 4.79 Å². The standard InChI is InChI=1S/C16H26N2O3/c1-12(9-10-20-5)17-13-7-6-8-14(11-13)18-15(19)21-16(2,3)4/h6-8,11-12,17H,9-10H2,1-5H3,(H,18,19). The lowest BCUT2D eigenvalue weighted by molar-refractivity contribution is 0.0636. The van der Waals surface area contributed by atoms with E-state index in [2.05, 4.69) is 17.6 Å². The monoisotopic (exact) mass is 294 g/mol. The number of hydrogen-bond acceptors (Lipinski definition) is 4. The van der Waals surface area contributed by atoms with E-state index in [1.165, 1.54) is 0 Å². The Hall–Kier alpha value is -1.75. The number of carbonyl (C=O) groups excluding carboxylic acids is 1. The molecule has 5 heteroatoms. The second kappa shape index (κ2) is 7.88. The maximum absolute atomic E-state index is 11.7. The van der Waals surface area contributed by atoms with Crippen molar-refractivity contribution in [2.24, 2.45) is 0 Å². The van der Waals surface area contributed by atoms with Gasteiger partial charge in [-0.05, 0) is 52.3 Å². The number of rotatable bonds is 6. The number of anilines is 2. The normalized spacial score (nSPS) is 12.6. The highest BCUT2D eigenvalue weighted by Crippen LogP contribution is 2.18. The molecule has 0 spiro atoms. The second-order valence-electron chi connectivity index (χ2n) is 6.03. The topological polar surface area (TPSA) is 59.6 Å². The van der Waals surface area contributed by atoms with Crippen LogP contribution in [-0.2, 0) is 9.47 Å². The van der Waals surface area contributed by atoms with Crippen molar-refractivity contribution < 1.29 is 14.3 Å². The zero-order chi connectivity index (χ0) is 15.9. The average Bonchev–Trinajstić information content (AvgIpc) is 2.34. The van der Waals surface area contributed by atoms with Crippen LogP contribution >= 0.6 is 0 Å². The van der Waals surface area contributed by atoms with Gasteiger partial charge in [0.1, 0.15) is 5.60 Å². The van der Waals surface area contributed by atoms with E-state index in [0.29, 0.717) is 18.3 Å². The third kappa shape index (κ3) is 7.56. The first-order chi connectivity index (χ1) is 9.80. The molecule has 0 aromatic heterocycles. The Bertz CT molecular complexity index is 455. The van der Waals surface area contributed by atoms with E-state index in [1.54, 1.807) is 7.11 Å². The Morgan fingerprint density at radius 3 is 2.57 bits per heavy atom. The first-order valence-corrected chi connectivity index (χ1v) is 7.15. The van der Waals surface area contributed by atoms with Crippen molar-refractivity contribution in [1.29, 1.82) is 0 Å². The van der Waals surface area contributed by atoms with Crippen LogP contribution in [0.3, 0.4) is 0 Å². The minimum absolute atomic E-state index is 0.293. The lowest BCUT2D eigenvalue weighted by Crippen LogP contribution is -2.27. The van der Waals surface area contributed by atoms with Crippen molar-refractivity contribution in [3.8, 4) is 0 Å². The van der Waals surface area contributed by atoms with Gasteiger partial charge in [0.15, 0.2) is 0 Å². The molecule has 1 aromatic carbocycles. The summed E-state index contributed by atoms with van der Waals surface area (Å²) in [5.74, 6) is 0. The molecule has 0 aliphatic rings. The summed E-state index contributed by atoms with van der Waals surface area (Å²) in [6.45, 7) is 8.31. The van der Waals surface area contributed by atoms with Crippen LogP contribution in [0.2, 0.25) is 0 Å². The maximum atomic E-state index is 11.7. The molecule has 118 valence electrons. The summed E-state index contributed by atoms with van der Waals surface area (Å²) in [5.41, 5.74) is 1.15. The smallest absolute Gasteiger partial charge is 0.412 e. The Labute approximate surface area is 127 Å². The number of ether oxygens (including phenoxy) is 2. The van der Waals surface area contributed by atoms with Crippen LogP contribution in [0.4, 0.5) is 16.2 Å². The van der Waals surface area contributed by atoms with E-state index in [1.807, 2.05) is 45.0 Å². The zero-order valence-corrected chi connectivity index (χ0v) is 13.5. The SMILES string of the molecule is COCCC(C)Nc1cccc(NC(=O)OC(C)(C)C)c1. The predicted molar refractivity (Wildman–Crippen MR) is 85.9 cm³/mol. The number of hydrogen-bond donors (Lipinski definition) is 2. The van der Waals surface area contributed by atoms with Crippen LogP contribution in [0.1, 0.15) is 34.1 Å². The molecule has 1 rings (SSSR count). The Kier molecular flexibility index (Phi) is 6.49. The predicted octanol–water partition coefficient (Wildman–Crippen LogP) is 3.87. The summed E-state index contributed by atoms with van der Waals surface area (Å²) in [4.78, 5) is 11.7. The molecule has 5 nitrogen and oxygen atoms in total. The zero-order valence-electron chi connectivity index (χ0n) is 13.5. The minimum atomic E-state index is -0.505. The van der Waals surface area contributed by atoms with Crippen molar-refractivity contribution in [2.75, 3.05) is 24.4 Å². The summed E-state index contributed by atoms with van der Waals surface area (Å²) in [5, 5.41) is 6.10. The number of benzene rings is 1. The molecule has 0 heterocycles. The van der Waals surface area contributed by atoms with Gasteiger partial charge in [0.05, 0.1) is 0 Å². The fourth-order valence-electron chi connectivity index (χ4n) is 1.76. The number of amides is 1. The highest BCUT2D eigenvalue weighted by Gasteiger charge is 2.16. The van der Waals surface area contributed by atoms with E-state index >= 15 is 0 Å². The Morgan fingerprint density at radius 2 is 1.95 bits per heavy atom. The van der Waals surface area contributed by atoms with Gasteiger partial charge >= 0.3 is 6.09 Å². The molecule has 0 aliphatic heterocycles. The van der Waals surface area contributed by atoms with E-state index < -0.39 is 11.7 Å². The maximum Gasteiger partial charge on any atom is 0.412 e. The Morgan fingerprint density at radius 1 is 1.29 bits per heavy atom. The lowest BCUT2D eigenvalue weighted by Gasteiger charge is -2.20. The van der Waals surface area contributed by atoms with Crippen LogP contribution in [0.25, 0.3) is 0 Å². The van der Waals surface area contributed by atoms with Crippen LogP contribution in [-0.4, -0.2) is 31.5 Å². The third-order valence-corrected chi connectivity index (χ3v) is 2.68. The first kappa shape index (κ1) is 17.3. The molecule has 1 amide bonds. The van der Waals surface area contributed by atoms with Gasteiger partial charge in [-0.2, -0.15) is 0 Å². The van der Waals surface area contributed by atoms with Gasteiger partial charge in [0.2, 0.25) is 0 Å². The summed E-state index contributed by atoms with van der Waals surface area (Å²) < 4.78 is 10.3.